The van der Waals surface area contributed by atoms with E-state index in [9.17, 15) is 5.11 Å². The lowest BCUT2D eigenvalue weighted by Crippen LogP contribution is -2.33. The molecule has 1 heterocycles. The Morgan fingerprint density at radius 2 is 2.16 bits per heavy atom. The number of aliphatic hydroxyl groups is 1. The molecule has 1 N–H and O–H groups in total. The van der Waals surface area contributed by atoms with Crippen molar-refractivity contribution in [1.29, 1.82) is 0 Å². The van der Waals surface area contributed by atoms with Gasteiger partial charge in [0.05, 0.1) is 5.01 Å². The van der Waals surface area contributed by atoms with Gasteiger partial charge in [-0.05, 0) is 50.4 Å². The average molecular weight is 281 g/mol. The normalized spacial score (nSPS) is 27.6. The van der Waals surface area contributed by atoms with Crippen LogP contribution in [0.2, 0.25) is 0 Å². The summed E-state index contributed by atoms with van der Waals surface area (Å²) in [4.78, 5) is 5.69. The molecule has 0 saturated heterocycles. The molecule has 1 aliphatic rings. The Bertz CT molecular complexity index is 380. The number of aliphatic hydroxyl groups excluding tert-OH is 1. The Hall–Kier alpha value is -0.410. The molecule has 2 rings (SSSR count). The third kappa shape index (κ3) is 4.03. The lowest BCUT2D eigenvalue weighted by molar-refractivity contribution is 0.0627. The monoisotopic (exact) mass is 281 g/mol. The number of aryl methyl sites for hydroxylation is 1. The molecular weight excluding hydrogens is 254 g/mol. The van der Waals surface area contributed by atoms with Crippen LogP contribution in [0.25, 0.3) is 0 Å². The largest absolute Gasteiger partial charge is 0.396 e. The molecule has 0 atom stereocenters. The van der Waals surface area contributed by atoms with Crippen molar-refractivity contribution in [3.63, 3.8) is 0 Å². The molecule has 0 aromatic carbocycles. The summed E-state index contributed by atoms with van der Waals surface area (Å²) in [5, 5.41) is 11.0. The van der Waals surface area contributed by atoms with E-state index >= 15 is 0 Å². The molecule has 108 valence electrons. The zero-order valence-corrected chi connectivity index (χ0v) is 13.1. The van der Waals surface area contributed by atoms with Gasteiger partial charge in [0.15, 0.2) is 0 Å². The minimum absolute atomic E-state index is 0.141. The third-order valence-corrected chi connectivity index (χ3v) is 5.60. The predicted octanol–water partition coefficient (Wildman–Crippen LogP) is 4.35. The SMILES string of the molecule is CCCCC1CCC(CO)(Cc2cnc(C)s2)CC1. The van der Waals surface area contributed by atoms with E-state index in [2.05, 4.69) is 18.8 Å². The summed E-state index contributed by atoms with van der Waals surface area (Å²) in [6.45, 7) is 4.67. The zero-order valence-electron chi connectivity index (χ0n) is 12.3. The van der Waals surface area contributed by atoms with Gasteiger partial charge >= 0.3 is 0 Å². The molecule has 1 fully saturated rings. The van der Waals surface area contributed by atoms with Crippen molar-refractivity contribution in [2.45, 2.75) is 65.2 Å². The van der Waals surface area contributed by atoms with E-state index in [-0.39, 0.29) is 5.41 Å². The standard InChI is InChI=1S/C16H27NOS/c1-3-4-5-14-6-8-16(12-18,9-7-14)10-15-11-17-13(2)19-15/h11,14,18H,3-10,12H2,1-2H3. The molecule has 0 aliphatic heterocycles. The molecule has 0 radical (unpaired) electrons. The molecule has 0 bridgehead atoms. The molecule has 1 aromatic heterocycles. The maximum absolute atomic E-state index is 9.86. The van der Waals surface area contributed by atoms with Crippen LogP contribution < -0.4 is 0 Å². The summed E-state index contributed by atoms with van der Waals surface area (Å²) < 4.78 is 0. The van der Waals surface area contributed by atoms with Crippen LogP contribution in [0, 0.1) is 18.3 Å². The first-order chi connectivity index (χ1) is 9.17. The first-order valence-corrected chi connectivity index (χ1v) is 8.51. The summed E-state index contributed by atoms with van der Waals surface area (Å²) >= 11 is 1.79. The molecule has 0 spiro atoms. The van der Waals surface area contributed by atoms with Crippen LogP contribution in [0.4, 0.5) is 0 Å². The van der Waals surface area contributed by atoms with Gasteiger partial charge in [-0.1, -0.05) is 26.2 Å². The summed E-state index contributed by atoms with van der Waals surface area (Å²) in [5.74, 6) is 0.905. The fraction of sp³-hybridized carbons (Fsp3) is 0.812. The van der Waals surface area contributed by atoms with E-state index in [4.69, 9.17) is 0 Å². The van der Waals surface area contributed by atoms with Crippen LogP contribution in [0.5, 0.6) is 0 Å². The first kappa shape index (κ1) is 15.0. The maximum atomic E-state index is 9.86. The van der Waals surface area contributed by atoms with E-state index in [1.807, 2.05) is 6.20 Å². The molecule has 1 aromatic rings. The summed E-state index contributed by atoms with van der Waals surface area (Å²) in [5.41, 5.74) is 0.141. The molecule has 19 heavy (non-hydrogen) atoms. The van der Waals surface area contributed by atoms with Gasteiger partial charge in [0.1, 0.15) is 0 Å². The van der Waals surface area contributed by atoms with Gasteiger partial charge in [0.25, 0.3) is 0 Å². The van der Waals surface area contributed by atoms with Gasteiger partial charge in [-0.15, -0.1) is 11.3 Å². The Morgan fingerprint density at radius 1 is 1.42 bits per heavy atom. The molecule has 0 unspecified atom stereocenters. The van der Waals surface area contributed by atoms with Crippen LogP contribution >= 0.6 is 11.3 Å². The minimum Gasteiger partial charge on any atom is -0.396 e. The number of rotatable bonds is 6. The van der Waals surface area contributed by atoms with E-state index < -0.39 is 0 Å². The van der Waals surface area contributed by atoms with Crippen molar-refractivity contribution in [2.24, 2.45) is 11.3 Å². The molecule has 2 nitrogen and oxygen atoms in total. The van der Waals surface area contributed by atoms with Gasteiger partial charge in [-0.2, -0.15) is 0 Å². The van der Waals surface area contributed by atoms with E-state index in [0.717, 1.165) is 17.3 Å². The second-order valence-electron chi connectivity index (χ2n) is 6.27. The fourth-order valence-electron chi connectivity index (χ4n) is 3.32. The van der Waals surface area contributed by atoms with E-state index in [0.29, 0.717) is 6.61 Å². The van der Waals surface area contributed by atoms with Crippen LogP contribution in [0.1, 0.15) is 61.8 Å². The highest BCUT2D eigenvalue weighted by molar-refractivity contribution is 7.11. The van der Waals surface area contributed by atoms with Crippen molar-refractivity contribution in [3.05, 3.63) is 16.1 Å². The van der Waals surface area contributed by atoms with Crippen molar-refractivity contribution in [3.8, 4) is 0 Å². The predicted molar refractivity (Wildman–Crippen MR) is 81.6 cm³/mol. The topological polar surface area (TPSA) is 33.1 Å². The zero-order chi connectivity index (χ0) is 13.7. The van der Waals surface area contributed by atoms with Gasteiger partial charge in [0, 0.05) is 17.7 Å². The van der Waals surface area contributed by atoms with Crippen LogP contribution in [0.15, 0.2) is 6.20 Å². The Kier molecular flexibility index (Phi) is 5.40. The van der Waals surface area contributed by atoms with Crippen molar-refractivity contribution in [1.82, 2.24) is 4.98 Å². The second-order valence-corrected chi connectivity index (χ2v) is 7.59. The summed E-state index contributed by atoms with van der Waals surface area (Å²) in [6.07, 6.45) is 12.1. The van der Waals surface area contributed by atoms with Crippen molar-refractivity contribution < 1.29 is 5.11 Å². The number of hydrogen-bond donors (Lipinski definition) is 1. The Labute approximate surface area is 121 Å². The molecular formula is C16H27NOS. The number of aromatic nitrogens is 1. The van der Waals surface area contributed by atoms with Crippen molar-refractivity contribution >= 4 is 11.3 Å². The quantitative estimate of drug-likeness (QED) is 0.840. The van der Waals surface area contributed by atoms with Gasteiger partial charge in [0.2, 0.25) is 0 Å². The van der Waals surface area contributed by atoms with Crippen LogP contribution in [-0.2, 0) is 6.42 Å². The summed E-state index contributed by atoms with van der Waals surface area (Å²) in [6, 6.07) is 0. The van der Waals surface area contributed by atoms with E-state index in [1.165, 1.54) is 49.8 Å². The second kappa shape index (κ2) is 6.85. The lowest BCUT2D eigenvalue weighted by Gasteiger charge is -2.39. The molecule has 0 amide bonds. The molecule has 1 saturated carbocycles. The molecule has 3 heteroatoms. The van der Waals surface area contributed by atoms with Crippen molar-refractivity contribution in [2.75, 3.05) is 6.61 Å². The number of hydrogen-bond acceptors (Lipinski definition) is 3. The highest BCUT2D eigenvalue weighted by atomic mass is 32.1. The Balaban J connectivity index is 1.90. The highest BCUT2D eigenvalue weighted by Crippen LogP contribution is 2.43. The Morgan fingerprint density at radius 3 is 2.68 bits per heavy atom. The van der Waals surface area contributed by atoms with Gasteiger partial charge in [-0.25, -0.2) is 4.98 Å². The van der Waals surface area contributed by atoms with Crippen LogP contribution in [-0.4, -0.2) is 16.7 Å². The first-order valence-electron chi connectivity index (χ1n) is 7.69. The maximum Gasteiger partial charge on any atom is 0.0896 e. The number of unbranched alkanes of at least 4 members (excludes halogenated alkanes) is 1. The van der Waals surface area contributed by atoms with Crippen LogP contribution in [0.3, 0.4) is 0 Å². The smallest absolute Gasteiger partial charge is 0.0896 e. The van der Waals surface area contributed by atoms with E-state index in [1.54, 1.807) is 11.3 Å². The minimum atomic E-state index is 0.141. The highest BCUT2D eigenvalue weighted by Gasteiger charge is 2.35. The summed E-state index contributed by atoms with van der Waals surface area (Å²) in [7, 11) is 0. The molecule has 1 aliphatic carbocycles. The van der Waals surface area contributed by atoms with Gasteiger partial charge < -0.3 is 5.11 Å². The number of nitrogens with zero attached hydrogens (tertiary/aromatic N) is 1. The lowest BCUT2D eigenvalue weighted by atomic mass is 9.68. The third-order valence-electron chi connectivity index (χ3n) is 4.69. The number of thiazole rings is 1. The fourth-order valence-corrected chi connectivity index (χ4v) is 4.29. The van der Waals surface area contributed by atoms with Gasteiger partial charge in [-0.3, -0.25) is 0 Å². The average Bonchev–Trinajstić information content (AvgIpc) is 2.83.